The van der Waals surface area contributed by atoms with Crippen molar-refractivity contribution in [2.45, 2.75) is 83.1 Å². The van der Waals surface area contributed by atoms with E-state index in [2.05, 4.69) is 107 Å². The summed E-state index contributed by atoms with van der Waals surface area (Å²) in [6, 6.07) is 0. The van der Waals surface area contributed by atoms with Gasteiger partial charge in [-0.15, -0.1) is 0 Å². The van der Waals surface area contributed by atoms with Crippen LogP contribution in [0.15, 0.2) is 78.9 Å². The first-order valence-electron chi connectivity index (χ1n) is 11.7. The van der Waals surface area contributed by atoms with Crippen molar-refractivity contribution >= 4 is 11.4 Å². The van der Waals surface area contributed by atoms with Gasteiger partial charge in [0.1, 0.15) is 0 Å². The monoisotopic (exact) mass is 434 g/mol. The first-order chi connectivity index (χ1) is 14.6. The minimum Gasteiger partial charge on any atom is -0.286 e. The molecule has 32 heavy (non-hydrogen) atoms. The fourth-order valence-electron chi connectivity index (χ4n) is 3.53. The second-order valence-electron chi connectivity index (χ2n) is 11.0. The van der Waals surface area contributed by atoms with Gasteiger partial charge in [-0.05, 0) is 74.7 Å². The summed E-state index contributed by atoms with van der Waals surface area (Å²) >= 11 is 0. The smallest absolute Gasteiger partial charge is 0.0906 e. The Morgan fingerprint density at radius 2 is 0.844 bits per heavy atom. The zero-order chi connectivity index (χ0) is 25.0. The molecule has 0 N–H and O–H groups in total. The third-order valence-electron chi connectivity index (χ3n) is 6.78. The van der Waals surface area contributed by atoms with Gasteiger partial charge in [0.2, 0.25) is 0 Å². The topological polar surface area (TPSA) is 24.7 Å². The first kappa shape index (κ1) is 27.8. The second-order valence-corrected chi connectivity index (χ2v) is 11.0. The number of hydrogen-bond donors (Lipinski definition) is 0. The minimum absolute atomic E-state index is 0.161. The molecule has 2 nitrogen and oxygen atoms in total. The molecular formula is C30H46N2. The highest BCUT2D eigenvalue weighted by atomic mass is 14.8. The Morgan fingerprint density at radius 3 is 1.06 bits per heavy atom. The highest BCUT2D eigenvalue weighted by molar-refractivity contribution is 6.56. The van der Waals surface area contributed by atoms with Gasteiger partial charge in [-0.3, -0.25) is 9.98 Å². The van der Waals surface area contributed by atoms with Gasteiger partial charge in [0, 0.05) is 25.2 Å². The maximum Gasteiger partial charge on any atom is 0.0906 e. The SMILES string of the molecule is CN=C1C(=NC)C(/C(C)=C/C=C(\C)C(C)(C)C)=C(C)C(C)=C1/C(C)=C/C=C(\C)C(C)(C)C. The molecule has 0 saturated carbocycles. The van der Waals surface area contributed by atoms with Gasteiger partial charge in [-0.25, -0.2) is 0 Å². The molecule has 0 amide bonds. The second kappa shape index (κ2) is 10.6. The van der Waals surface area contributed by atoms with Crippen molar-refractivity contribution in [3.8, 4) is 0 Å². The van der Waals surface area contributed by atoms with Crippen molar-refractivity contribution in [1.82, 2.24) is 0 Å². The Bertz CT molecular complexity index is 900. The standard InChI is InChI=1S/C30H46N2/c1-19(15-17-21(3)29(7,8)9)25-23(5)24(6)26(28(32-14)27(25)31-13)20(2)16-18-22(4)30(10,11)12/h15-18H,1-14H3/b19-15+,20-16+,21-17+,22-18+,31-27?,32-28?. The van der Waals surface area contributed by atoms with E-state index in [0.717, 1.165) is 11.4 Å². The van der Waals surface area contributed by atoms with Crippen molar-refractivity contribution in [3.05, 3.63) is 68.9 Å². The van der Waals surface area contributed by atoms with Crippen LogP contribution < -0.4 is 0 Å². The summed E-state index contributed by atoms with van der Waals surface area (Å²) in [7, 11) is 3.75. The van der Waals surface area contributed by atoms with Crippen molar-refractivity contribution < 1.29 is 0 Å². The molecule has 0 aromatic rings. The average Bonchev–Trinajstić information content (AvgIpc) is 2.69. The fourth-order valence-corrected chi connectivity index (χ4v) is 3.53. The number of rotatable bonds is 4. The summed E-state index contributed by atoms with van der Waals surface area (Å²) in [4.78, 5) is 9.44. The molecule has 176 valence electrons. The van der Waals surface area contributed by atoms with Crippen molar-refractivity contribution in [2.24, 2.45) is 20.8 Å². The molecule has 1 rings (SSSR count). The van der Waals surface area contributed by atoms with E-state index in [1.807, 2.05) is 14.1 Å². The van der Waals surface area contributed by atoms with E-state index in [1.165, 1.54) is 44.6 Å². The molecule has 2 heteroatoms. The molecule has 1 aliphatic rings. The Hall–Kier alpha value is -2.22. The van der Waals surface area contributed by atoms with Crippen LogP contribution in [0.4, 0.5) is 0 Å². The van der Waals surface area contributed by atoms with Crippen LogP contribution in [0.25, 0.3) is 0 Å². The normalized spacial score (nSPS) is 20.8. The number of allylic oxidation sites excluding steroid dienone is 12. The van der Waals surface area contributed by atoms with Crippen LogP contribution in [0, 0.1) is 10.8 Å². The molecule has 0 aromatic heterocycles. The van der Waals surface area contributed by atoms with E-state index in [4.69, 9.17) is 9.98 Å². The molecule has 0 radical (unpaired) electrons. The average molecular weight is 435 g/mol. The Morgan fingerprint density at radius 1 is 0.562 bits per heavy atom. The Balaban J connectivity index is 3.73. The zero-order valence-corrected chi connectivity index (χ0v) is 23.2. The molecule has 0 saturated heterocycles. The van der Waals surface area contributed by atoms with Crippen LogP contribution in [0.2, 0.25) is 0 Å². The lowest BCUT2D eigenvalue weighted by Gasteiger charge is -2.27. The van der Waals surface area contributed by atoms with E-state index >= 15 is 0 Å². The molecular weight excluding hydrogens is 388 g/mol. The lowest BCUT2D eigenvalue weighted by atomic mass is 9.78. The van der Waals surface area contributed by atoms with Gasteiger partial charge in [0.05, 0.1) is 11.4 Å². The molecule has 0 aliphatic heterocycles. The lowest BCUT2D eigenvalue weighted by Crippen LogP contribution is -2.27. The Kier molecular flexibility index (Phi) is 9.21. The Labute approximate surface area is 198 Å². The van der Waals surface area contributed by atoms with Crippen molar-refractivity contribution in [2.75, 3.05) is 14.1 Å². The highest BCUT2D eigenvalue weighted by Gasteiger charge is 2.28. The predicted molar refractivity (Wildman–Crippen MR) is 146 cm³/mol. The zero-order valence-electron chi connectivity index (χ0n) is 23.2. The molecule has 0 heterocycles. The maximum absolute atomic E-state index is 4.72. The van der Waals surface area contributed by atoms with Gasteiger partial charge < -0.3 is 0 Å². The first-order valence-corrected chi connectivity index (χ1v) is 11.7. The van der Waals surface area contributed by atoms with Gasteiger partial charge >= 0.3 is 0 Å². The number of aliphatic imine (C=N–C) groups is 2. The van der Waals surface area contributed by atoms with Crippen LogP contribution >= 0.6 is 0 Å². The van der Waals surface area contributed by atoms with Crippen LogP contribution in [0.1, 0.15) is 83.1 Å². The molecule has 0 bridgehead atoms. The van der Waals surface area contributed by atoms with Crippen LogP contribution in [-0.2, 0) is 0 Å². The van der Waals surface area contributed by atoms with Gasteiger partial charge in [0.25, 0.3) is 0 Å². The molecule has 0 unspecified atom stereocenters. The van der Waals surface area contributed by atoms with Gasteiger partial charge in [-0.1, -0.05) is 77.0 Å². The quantitative estimate of drug-likeness (QED) is 0.312. The van der Waals surface area contributed by atoms with Crippen molar-refractivity contribution in [1.29, 1.82) is 0 Å². The predicted octanol–water partition coefficient (Wildman–Crippen LogP) is 8.65. The van der Waals surface area contributed by atoms with Gasteiger partial charge in [0.15, 0.2) is 0 Å². The number of hydrogen-bond acceptors (Lipinski definition) is 2. The summed E-state index contributed by atoms with van der Waals surface area (Å²) in [5.41, 5.74) is 12.4. The summed E-state index contributed by atoms with van der Waals surface area (Å²) in [6.45, 7) is 26.7. The van der Waals surface area contributed by atoms with Crippen LogP contribution in [-0.4, -0.2) is 25.5 Å². The molecule has 0 aromatic carbocycles. The third-order valence-corrected chi connectivity index (χ3v) is 6.78. The number of nitrogens with zero attached hydrogens (tertiary/aromatic N) is 2. The highest BCUT2D eigenvalue weighted by Crippen LogP contribution is 2.35. The summed E-state index contributed by atoms with van der Waals surface area (Å²) in [6.07, 6.45) is 8.94. The molecule has 0 fully saturated rings. The van der Waals surface area contributed by atoms with E-state index in [-0.39, 0.29) is 10.8 Å². The van der Waals surface area contributed by atoms with Gasteiger partial charge in [-0.2, -0.15) is 0 Å². The van der Waals surface area contributed by atoms with Crippen LogP contribution in [0.5, 0.6) is 0 Å². The fraction of sp³-hybridized carbons (Fsp3) is 0.533. The molecule has 0 spiro atoms. The summed E-state index contributed by atoms with van der Waals surface area (Å²) < 4.78 is 0. The lowest BCUT2D eigenvalue weighted by molar-refractivity contribution is 0.504. The van der Waals surface area contributed by atoms with E-state index in [0.29, 0.717) is 0 Å². The van der Waals surface area contributed by atoms with Crippen molar-refractivity contribution in [3.63, 3.8) is 0 Å². The summed E-state index contributed by atoms with van der Waals surface area (Å²) in [5, 5.41) is 0. The molecule has 0 atom stereocenters. The largest absolute Gasteiger partial charge is 0.286 e. The van der Waals surface area contributed by atoms with E-state index < -0.39 is 0 Å². The van der Waals surface area contributed by atoms with E-state index in [1.54, 1.807) is 0 Å². The van der Waals surface area contributed by atoms with Crippen LogP contribution in [0.3, 0.4) is 0 Å². The maximum atomic E-state index is 4.72. The minimum atomic E-state index is 0.161. The summed E-state index contributed by atoms with van der Waals surface area (Å²) in [5.74, 6) is 0. The van der Waals surface area contributed by atoms with E-state index in [9.17, 15) is 0 Å². The third kappa shape index (κ3) is 6.40. The molecule has 1 aliphatic carbocycles.